The molecule has 0 radical (unpaired) electrons. The van der Waals surface area contributed by atoms with Crippen LogP contribution < -0.4 is 9.47 Å². The molecule has 0 fully saturated rings. The fourth-order valence-electron chi connectivity index (χ4n) is 3.34. The Morgan fingerprint density at radius 3 is 2.02 bits per heavy atom. The van der Waals surface area contributed by atoms with Gasteiger partial charge < -0.3 is 29.0 Å². The summed E-state index contributed by atoms with van der Waals surface area (Å²) in [5, 5.41) is 9.12. The number of halogens is 10. The van der Waals surface area contributed by atoms with Crippen molar-refractivity contribution in [3.63, 3.8) is 0 Å². The maximum atomic E-state index is 13.8. The van der Waals surface area contributed by atoms with Crippen molar-refractivity contribution in [1.29, 1.82) is 0 Å². The van der Waals surface area contributed by atoms with E-state index in [1.54, 1.807) is 6.92 Å². The van der Waals surface area contributed by atoms with E-state index in [9.17, 15) is 54.2 Å². The van der Waals surface area contributed by atoms with E-state index in [-0.39, 0.29) is 29.5 Å². The van der Waals surface area contributed by atoms with E-state index < -0.39 is 68.6 Å². The monoisotopic (exact) mass is 669 g/mol. The summed E-state index contributed by atoms with van der Waals surface area (Å²) in [4.78, 5) is 24.5. The first-order chi connectivity index (χ1) is 20.3. The summed E-state index contributed by atoms with van der Waals surface area (Å²) in [5.41, 5.74) is 0.564. The molecule has 1 unspecified atom stereocenters. The van der Waals surface area contributed by atoms with Crippen molar-refractivity contribution in [2.75, 3.05) is 32.9 Å². The normalized spacial score (nSPS) is 13.3. The first kappa shape index (κ1) is 36.8. The molecule has 2 aromatic carbocycles. The van der Waals surface area contributed by atoms with Gasteiger partial charge in [-0.25, -0.2) is 9.59 Å². The lowest BCUT2D eigenvalue weighted by atomic mass is 10.1. The van der Waals surface area contributed by atoms with Crippen molar-refractivity contribution in [1.82, 2.24) is 4.90 Å². The van der Waals surface area contributed by atoms with Crippen LogP contribution in [0.3, 0.4) is 0 Å². The molecule has 0 saturated carbocycles. The van der Waals surface area contributed by atoms with E-state index in [1.807, 2.05) is 0 Å². The Hall–Kier alpha value is -3.44. The molecule has 246 valence electrons. The van der Waals surface area contributed by atoms with Crippen LogP contribution in [0, 0.1) is 0 Å². The van der Waals surface area contributed by atoms with Gasteiger partial charge in [-0.15, -0.1) is 0 Å². The van der Waals surface area contributed by atoms with Crippen molar-refractivity contribution < 1.29 is 73.2 Å². The van der Waals surface area contributed by atoms with Gasteiger partial charge in [0, 0.05) is 19.6 Å². The van der Waals surface area contributed by atoms with Crippen LogP contribution in [0.5, 0.6) is 11.5 Å². The van der Waals surface area contributed by atoms with Crippen LogP contribution in [0.2, 0.25) is 5.02 Å². The predicted molar refractivity (Wildman–Crippen MR) is 135 cm³/mol. The minimum Gasteiger partial charge on any atom is -0.492 e. The summed E-state index contributed by atoms with van der Waals surface area (Å²) in [6, 6.07) is 11.3. The van der Waals surface area contributed by atoms with E-state index in [1.165, 1.54) is 48.5 Å². The fraction of sp³-hybridized carbons (Fsp3) is 0.462. The van der Waals surface area contributed by atoms with E-state index in [0.717, 1.165) is 0 Å². The third kappa shape index (κ3) is 9.28. The number of carbonyl (C=O) groups excluding carboxylic acids is 1. The summed E-state index contributed by atoms with van der Waals surface area (Å²) in [6.45, 7) is -1.80. The number of amides is 1. The zero-order chi connectivity index (χ0) is 33.3. The summed E-state index contributed by atoms with van der Waals surface area (Å²) in [7, 11) is 0. The fourth-order valence-corrected chi connectivity index (χ4v) is 3.52. The number of rotatable bonds is 16. The highest BCUT2D eigenvalue weighted by Crippen LogP contribution is 2.53. The highest BCUT2D eigenvalue weighted by atomic mass is 35.5. The molecule has 2 rings (SSSR count). The second kappa shape index (κ2) is 15.0. The summed E-state index contributed by atoms with van der Waals surface area (Å²) in [5.74, 6) is -15.3. The van der Waals surface area contributed by atoms with Gasteiger partial charge in [0.05, 0.1) is 18.2 Å². The number of ether oxygens (including phenoxy) is 4. The van der Waals surface area contributed by atoms with Gasteiger partial charge in [-0.2, -0.15) is 39.5 Å². The molecule has 0 aliphatic heterocycles. The minimum atomic E-state index is -7.15. The molecule has 18 heteroatoms. The number of hydrogen-bond donors (Lipinski definition) is 1. The van der Waals surface area contributed by atoms with Gasteiger partial charge in [-0.05, 0) is 36.8 Å². The average Bonchev–Trinajstić information content (AvgIpc) is 2.93. The minimum absolute atomic E-state index is 0.0314. The number of alkyl halides is 9. The summed E-state index contributed by atoms with van der Waals surface area (Å²) < 4.78 is 137. The first-order valence-electron chi connectivity index (χ1n) is 12.5. The van der Waals surface area contributed by atoms with E-state index in [0.29, 0.717) is 10.5 Å². The molecule has 0 spiro atoms. The van der Waals surface area contributed by atoms with Crippen molar-refractivity contribution in [3.05, 3.63) is 59.1 Å². The lowest BCUT2D eigenvalue weighted by molar-refractivity contribution is -0.443. The predicted octanol–water partition coefficient (Wildman–Crippen LogP) is 6.69. The number of carboxylic acids is 1. The number of carbonyl (C=O) groups is 2. The van der Waals surface area contributed by atoms with Crippen LogP contribution in [0.15, 0.2) is 48.5 Å². The Labute approximate surface area is 249 Å². The highest BCUT2D eigenvalue weighted by Gasteiger charge is 2.82. The third-order valence-corrected chi connectivity index (χ3v) is 5.98. The summed E-state index contributed by atoms with van der Waals surface area (Å²) >= 11 is 5.90. The standard InChI is InChI=1S/C26H25ClF9NO7/c1-2-41-20(21(38)39)15-16-7-9-17(10-8-16)42-13-11-37(22(40)44-19-6-4-3-5-18(19)27)12-14-43-26(35,36)24(30,31)23(28,29)25(32,33)34/h3-10,20H,2,11-15H2,1H3,(H,38,39). The second-order valence-corrected chi connectivity index (χ2v) is 9.18. The molecule has 0 aliphatic carbocycles. The molecule has 0 heterocycles. The highest BCUT2D eigenvalue weighted by molar-refractivity contribution is 6.32. The van der Waals surface area contributed by atoms with Gasteiger partial charge >= 0.3 is 36.2 Å². The van der Waals surface area contributed by atoms with Gasteiger partial charge in [0.1, 0.15) is 12.4 Å². The number of aliphatic carboxylic acids is 1. The lowest BCUT2D eigenvalue weighted by Crippen LogP contribution is -2.62. The zero-order valence-corrected chi connectivity index (χ0v) is 23.3. The van der Waals surface area contributed by atoms with Crippen molar-refractivity contribution in [2.24, 2.45) is 0 Å². The maximum absolute atomic E-state index is 13.8. The van der Waals surface area contributed by atoms with Crippen LogP contribution in [-0.2, 0) is 20.7 Å². The lowest BCUT2D eigenvalue weighted by Gasteiger charge is -2.33. The van der Waals surface area contributed by atoms with Crippen LogP contribution >= 0.6 is 11.6 Å². The Morgan fingerprint density at radius 2 is 1.48 bits per heavy atom. The van der Waals surface area contributed by atoms with Crippen LogP contribution in [-0.4, -0.2) is 85.2 Å². The van der Waals surface area contributed by atoms with Crippen LogP contribution in [0.25, 0.3) is 0 Å². The second-order valence-electron chi connectivity index (χ2n) is 8.78. The third-order valence-electron chi connectivity index (χ3n) is 5.67. The van der Waals surface area contributed by atoms with E-state index >= 15 is 0 Å². The molecule has 0 aromatic heterocycles. The molecule has 1 atom stereocenters. The van der Waals surface area contributed by atoms with Crippen molar-refractivity contribution in [2.45, 2.75) is 43.6 Å². The Balaban J connectivity index is 2.10. The SMILES string of the molecule is CCOC(Cc1ccc(OCCN(CCOC(F)(F)C(F)(F)C(F)(F)C(F)(F)F)C(=O)Oc2ccccc2Cl)cc1)C(=O)O. The first-order valence-corrected chi connectivity index (χ1v) is 12.8. The average molecular weight is 670 g/mol. The molecule has 8 nitrogen and oxygen atoms in total. The quantitative estimate of drug-likeness (QED) is 0.199. The molecule has 44 heavy (non-hydrogen) atoms. The smallest absolute Gasteiger partial charge is 0.460 e. The number of carboxylic acid groups (broad SMARTS) is 1. The van der Waals surface area contributed by atoms with Gasteiger partial charge in [0.15, 0.2) is 11.9 Å². The van der Waals surface area contributed by atoms with Gasteiger partial charge in [0.2, 0.25) is 0 Å². The number of benzene rings is 2. The van der Waals surface area contributed by atoms with Gasteiger partial charge in [-0.1, -0.05) is 35.9 Å². The van der Waals surface area contributed by atoms with Crippen LogP contribution in [0.1, 0.15) is 12.5 Å². The van der Waals surface area contributed by atoms with Crippen LogP contribution in [0.4, 0.5) is 44.3 Å². The molecule has 1 amide bonds. The Morgan fingerprint density at radius 1 is 0.886 bits per heavy atom. The van der Waals surface area contributed by atoms with Crippen molar-refractivity contribution >= 4 is 23.7 Å². The topological polar surface area (TPSA) is 94.5 Å². The molecule has 2 aromatic rings. The number of nitrogens with zero attached hydrogens (tertiary/aromatic N) is 1. The molecule has 0 saturated heterocycles. The van der Waals surface area contributed by atoms with Crippen molar-refractivity contribution in [3.8, 4) is 11.5 Å². The largest absolute Gasteiger partial charge is 0.492 e. The number of hydrogen-bond acceptors (Lipinski definition) is 6. The van der Waals surface area contributed by atoms with E-state index in [2.05, 4.69) is 4.74 Å². The van der Waals surface area contributed by atoms with Gasteiger partial charge in [0.25, 0.3) is 0 Å². The number of para-hydroxylation sites is 1. The molecular formula is C26H25ClF9NO7. The molecule has 0 bridgehead atoms. The molecule has 0 aliphatic rings. The zero-order valence-electron chi connectivity index (χ0n) is 22.6. The Kier molecular flexibility index (Phi) is 12.6. The van der Waals surface area contributed by atoms with Gasteiger partial charge in [-0.3, -0.25) is 0 Å². The Bertz CT molecular complexity index is 1250. The maximum Gasteiger partial charge on any atom is 0.460 e. The molecule has 1 N–H and O–H groups in total. The molecular weight excluding hydrogens is 645 g/mol. The summed E-state index contributed by atoms with van der Waals surface area (Å²) in [6.07, 6.45) is -15.7. The van der Waals surface area contributed by atoms with E-state index in [4.69, 9.17) is 25.8 Å².